The number of nitrogens with zero attached hydrogens (tertiary/aromatic N) is 2. The molecule has 0 amide bonds. The zero-order valence-electron chi connectivity index (χ0n) is 16.0. The first-order valence-corrected chi connectivity index (χ1v) is 11.0. The number of benzene rings is 2. The lowest BCUT2D eigenvalue weighted by Gasteiger charge is -2.50. The van der Waals surface area contributed by atoms with Gasteiger partial charge in [0.15, 0.2) is 0 Å². The van der Waals surface area contributed by atoms with Gasteiger partial charge in [0, 0.05) is 41.0 Å². The standard InChI is InChI=1S/C21H20Cl2FN3O2S/c22-15-2-4-20(18(23)5-15)30-27-11-21(12-27,10-26-16-8-28-9-16)13-29-17-3-1-14(7-25)19(24)6-17/h1-6,16,26H,8-13H2. The van der Waals surface area contributed by atoms with Crippen molar-refractivity contribution in [3.63, 3.8) is 0 Å². The number of ether oxygens (including phenoxy) is 2. The molecule has 2 aliphatic rings. The van der Waals surface area contributed by atoms with E-state index < -0.39 is 5.82 Å². The summed E-state index contributed by atoms with van der Waals surface area (Å²) in [6, 6.07) is 12.0. The highest BCUT2D eigenvalue weighted by Crippen LogP contribution is 2.41. The summed E-state index contributed by atoms with van der Waals surface area (Å²) in [6.07, 6.45) is 0. The molecule has 2 heterocycles. The summed E-state index contributed by atoms with van der Waals surface area (Å²) < 4.78 is 27.3. The fraction of sp³-hybridized carbons (Fsp3) is 0.381. The molecule has 0 aliphatic carbocycles. The van der Waals surface area contributed by atoms with Crippen molar-refractivity contribution < 1.29 is 13.9 Å². The van der Waals surface area contributed by atoms with Gasteiger partial charge in [0.05, 0.1) is 36.4 Å². The fourth-order valence-corrected chi connectivity index (χ4v) is 5.08. The largest absolute Gasteiger partial charge is 0.493 e. The average Bonchev–Trinajstić information content (AvgIpc) is 2.65. The molecule has 0 saturated carbocycles. The molecular formula is C21H20Cl2FN3O2S. The van der Waals surface area contributed by atoms with Crippen LogP contribution in [-0.4, -0.2) is 49.8 Å². The number of nitriles is 1. The van der Waals surface area contributed by atoms with Crippen LogP contribution in [0.2, 0.25) is 10.0 Å². The van der Waals surface area contributed by atoms with Gasteiger partial charge in [-0.15, -0.1) is 0 Å². The van der Waals surface area contributed by atoms with E-state index in [0.717, 1.165) is 37.7 Å². The second-order valence-electron chi connectivity index (χ2n) is 7.62. The van der Waals surface area contributed by atoms with Crippen LogP contribution in [0.5, 0.6) is 5.75 Å². The minimum Gasteiger partial charge on any atom is -0.493 e. The maximum atomic E-state index is 13.9. The summed E-state index contributed by atoms with van der Waals surface area (Å²) in [4.78, 5) is 0.949. The number of halogens is 3. The normalized spacial score (nSPS) is 18.3. The maximum Gasteiger partial charge on any atom is 0.144 e. The van der Waals surface area contributed by atoms with Gasteiger partial charge in [-0.25, -0.2) is 8.70 Å². The van der Waals surface area contributed by atoms with E-state index in [1.165, 1.54) is 12.1 Å². The molecule has 0 spiro atoms. The summed E-state index contributed by atoms with van der Waals surface area (Å²) >= 11 is 13.9. The zero-order chi connectivity index (χ0) is 21.1. The predicted molar refractivity (Wildman–Crippen MR) is 116 cm³/mol. The zero-order valence-corrected chi connectivity index (χ0v) is 18.4. The molecule has 2 aromatic rings. The minimum absolute atomic E-state index is 0.00905. The van der Waals surface area contributed by atoms with Gasteiger partial charge in [-0.1, -0.05) is 23.2 Å². The van der Waals surface area contributed by atoms with Gasteiger partial charge >= 0.3 is 0 Å². The number of nitrogens with one attached hydrogen (secondary N) is 1. The van der Waals surface area contributed by atoms with Gasteiger partial charge in [0.25, 0.3) is 0 Å². The minimum atomic E-state index is -0.572. The molecule has 0 unspecified atom stereocenters. The third-order valence-corrected chi connectivity index (χ3v) is 6.88. The Labute approximate surface area is 189 Å². The molecule has 158 valence electrons. The van der Waals surface area contributed by atoms with E-state index in [0.29, 0.717) is 28.4 Å². The van der Waals surface area contributed by atoms with E-state index in [2.05, 4.69) is 9.62 Å². The highest BCUT2D eigenvalue weighted by atomic mass is 35.5. The van der Waals surface area contributed by atoms with Gasteiger partial charge in [-0.2, -0.15) is 5.26 Å². The molecule has 2 aliphatic heterocycles. The lowest BCUT2D eigenvalue weighted by atomic mass is 9.82. The van der Waals surface area contributed by atoms with Crippen LogP contribution < -0.4 is 10.1 Å². The molecule has 4 rings (SSSR count). The van der Waals surface area contributed by atoms with Crippen molar-refractivity contribution in [1.29, 1.82) is 5.26 Å². The molecule has 0 atom stereocenters. The van der Waals surface area contributed by atoms with Crippen LogP contribution in [0.15, 0.2) is 41.3 Å². The summed E-state index contributed by atoms with van der Waals surface area (Å²) in [7, 11) is 0. The third kappa shape index (κ3) is 5.02. The molecule has 2 saturated heterocycles. The van der Waals surface area contributed by atoms with Crippen molar-refractivity contribution in [2.45, 2.75) is 10.9 Å². The first-order valence-electron chi connectivity index (χ1n) is 9.48. The van der Waals surface area contributed by atoms with Crippen LogP contribution in [0.1, 0.15) is 5.56 Å². The highest BCUT2D eigenvalue weighted by molar-refractivity contribution is 7.97. The summed E-state index contributed by atoms with van der Waals surface area (Å²) in [5, 5.41) is 13.6. The third-order valence-electron chi connectivity index (χ3n) is 5.15. The summed E-state index contributed by atoms with van der Waals surface area (Å²) in [5.74, 6) is -0.151. The van der Waals surface area contributed by atoms with Crippen LogP contribution in [-0.2, 0) is 4.74 Å². The van der Waals surface area contributed by atoms with E-state index in [-0.39, 0.29) is 11.0 Å². The molecule has 2 aromatic carbocycles. The lowest BCUT2D eigenvalue weighted by Crippen LogP contribution is -2.63. The first-order chi connectivity index (χ1) is 14.5. The topological polar surface area (TPSA) is 57.5 Å². The van der Waals surface area contributed by atoms with Crippen molar-refractivity contribution in [1.82, 2.24) is 9.62 Å². The van der Waals surface area contributed by atoms with Gasteiger partial charge in [0.1, 0.15) is 17.6 Å². The molecule has 0 aromatic heterocycles. The van der Waals surface area contributed by atoms with Crippen molar-refractivity contribution in [3.05, 3.63) is 57.8 Å². The van der Waals surface area contributed by atoms with E-state index >= 15 is 0 Å². The molecule has 0 radical (unpaired) electrons. The maximum absolute atomic E-state index is 13.9. The second kappa shape index (κ2) is 9.31. The number of rotatable bonds is 8. The van der Waals surface area contributed by atoms with Crippen LogP contribution in [0.25, 0.3) is 0 Å². The molecule has 0 bridgehead atoms. The molecule has 9 heteroatoms. The summed E-state index contributed by atoms with van der Waals surface area (Å²) in [5.41, 5.74) is -0.110. The van der Waals surface area contributed by atoms with Gasteiger partial charge in [0.2, 0.25) is 0 Å². The fourth-order valence-electron chi connectivity index (χ4n) is 3.34. The van der Waals surface area contributed by atoms with Gasteiger partial charge in [-0.05, 0) is 42.3 Å². The lowest BCUT2D eigenvalue weighted by molar-refractivity contribution is -0.0268. The molecule has 2 fully saturated rings. The average molecular weight is 468 g/mol. The van der Waals surface area contributed by atoms with Crippen molar-refractivity contribution in [3.8, 4) is 11.8 Å². The van der Waals surface area contributed by atoms with E-state index in [9.17, 15) is 4.39 Å². The SMILES string of the molecule is N#Cc1ccc(OCC2(CNC3COC3)CN(Sc3ccc(Cl)cc3Cl)C2)cc1F. The Bertz CT molecular complexity index is 962. The van der Waals surface area contributed by atoms with Gasteiger partial charge < -0.3 is 14.8 Å². The van der Waals surface area contributed by atoms with Gasteiger partial charge in [-0.3, -0.25) is 0 Å². The Kier molecular flexibility index (Phi) is 6.73. The molecular weight excluding hydrogens is 448 g/mol. The van der Waals surface area contributed by atoms with Crippen LogP contribution in [0.4, 0.5) is 4.39 Å². The van der Waals surface area contributed by atoms with Crippen molar-refractivity contribution in [2.75, 3.05) is 39.5 Å². The van der Waals surface area contributed by atoms with E-state index in [1.807, 2.05) is 18.2 Å². The predicted octanol–water partition coefficient (Wildman–Crippen LogP) is 4.38. The monoisotopic (exact) mass is 467 g/mol. The Balaban J connectivity index is 1.38. The second-order valence-corrected chi connectivity index (χ2v) is 9.60. The van der Waals surface area contributed by atoms with Crippen LogP contribution in [0.3, 0.4) is 0 Å². The molecule has 5 nitrogen and oxygen atoms in total. The first kappa shape index (κ1) is 21.7. The summed E-state index contributed by atoms with van der Waals surface area (Å²) in [6.45, 7) is 4.22. The van der Waals surface area contributed by atoms with Crippen molar-refractivity contribution >= 4 is 35.1 Å². The Morgan fingerprint density at radius 2 is 2.07 bits per heavy atom. The van der Waals surface area contributed by atoms with Crippen molar-refractivity contribution in [2.24, 2.45) is 5.41 Å². The molecule has 1 N–H and O–H groups in total. The molecule has 30 heavy (non-hydrogen) atoms. The van der Waals surface area contributed by atoms with Crippen LogP contribution in [0, 0.1) is 22.6 Å². The van der Waals surface area contributed by atoms with E-state index in [1.54, 1.807) is 24.1 Å². The smallest absolute Gasteiger partial charge is 0.144 e. The quantitative estimate of drug-likeness (QED) is 0.581. The Hall–Kier alpha value is -1.53. The Morgan fingerprint density at radius 1 is 1.27 bits per heavy atom. The Morgan fingerprint density at radius 3 is 2.70 bits per heavy atom. The van der Waals surface area contributed by atoms with E-state index in [4.69, 9.17) is 37.9 Å². The highest BCUT2D eigenvalue weighted by Gasteiger charge is 2.45. The number of hydrogen-bond donors (Lipinski definition) is 1. The number of hydrogen-bond acceptors (Lipinski definition) is 6. The van der Waals surface area contributed by atoms with Crippen LogP contribution >= 0.6 is 35.1 Å².